The maximum Gasteiger partial charge on any atom is 0.282 e. The number of carbonyl (C=O) groups is 2. The summed E-state index contributed by atoms with van der Waals surface area (Å²) in [7, 11) is 0. The topological polar surface area (TPSA) is 113 Å². The Bertz CT molecular complexity index is 917. The van der Waals surface area contributed by atoms with Crippen molar-refractivity contribution < 1.29 is 14.5 Å². The van der Waals surface area contributed by atoms with E-state index in [4.69, 9.17) is 12.2 Å². The Labute approximate surface area is 173 Å². The zero-order valence-corrected chi connectivity index (χ0v) is 16.8. The molecule has 0 aliphatic carbocycles. The zero-order chi connectivity index (χ0) is 21.2. The van der Waals surface area contributed by atoms with Gasteiger partial charge in [-0.2, -0.15) is 0 Å². The van der Waals surface area contributed by atoms with Gasteiger partial charge >= 0.3 is 0 Å². The molecule has 2 rings (SSSR count). The minimum atomic E-state index is -0.685. The van der Waals surface area contributed by atoms with Gasteiger partial charge in [-0.3, -0.25) is 25.0 Å². The molecule has 0 saturated heterocycles. The van der Waals surface area contributed by atoms with Gasteiger partial charge in [0.25, 0.3) is 11.6 Å². The highest BCUT2D eigenvalue weighted by molar-refractivity contribution is 7.80. The second kappa shape index (κ2) is 10.9. The number of nitro groups is 1. The van der Waals surface area contributed by atoms with Crippen molar-refractivity contribution in [3.05, 3.63) is 64.2 Å². The third kappa shape index (κ3) is 6.96. The SMILES string of the molecule is CCCCCC(=O)Nc1cccc(NC(=S)NC(=O)c2ccccc2[N+](=O)[O-])c1. The van der Waals surface area contributed by atoms with Crippen LogP contribution in [0.15, 0.2) is 48.5 Å². The summed E-state index contributed by atoms with van der Waals surface area (Å²) in [6.07, 6.45) is 3.34. The lowest BCUT2D eigenvalue weighted by atomic mass is 10.1. The van der Waals surface area contributed by atoms with Crippen LogP contribution in [0, 0.1) is 10.1 Å². The second-order valence-corrected chi connectivity index (χ2v) is 6.68. The summed E-state index contributed by atoms with van der Waals surface area (Å²) in [6.45, 7) is 2.07. The molecule has 0 atom stereocenters. The molecule has 9 heteroatoms. The van der Waals surface area contributed by atoms with Crippen LogP contribution in [-0.4, -0.2) is 21.9 Å². The van der Waals surface area contributed by atoms with Crippen molar-refractivity contribution in [2.45, 2.75) is 32.6 Å². The number of benzene rings is 2. The molecule has 0 aliphatic rings. The summed E-state index contributed by atoms with van der Waals surface area (Å²) >= 11 is 5.12. The first kappa shape index (κ1) is 22.0. The smallest absolute Gasteiger partial charge is 0.282 e. The number of anilines is 2. The van der Waals surface area contributed by atoms with Gasteiger partial charge in [-0.1, -0.05) is 38.0 Å². The largest absolute Gasteiger partial charge is 0.332 e. The number of carbonyl (C=O) groups excluding carboxylic acids is 2. The molecule has 2 amide bonds. The lowest BCUT2D eigenvalue weighted by Crippen LogP contribution is -2.34. The van der Waals surface area contributed by atoms with Crippen molar-refractivity contribution in [2.75, 3.05) is 10.6 Å². The molecule has 2 aromatic carbocycles. The first-order chi connectivity index (χ1) is 13.9. The molecule has 0 aromatic heterocycles. The van der Waals surface area contributed by atoms with Gasteiger partial charge in [0, 0.05) is 23.9 Å². The Morgan fingerprint density at radius 3 is 2.41 bits per heavy atom. The predicted octanol–water partition coefficient (Wildman–Crippen LogP) is 4.24. The Morgan fingerprint density at radius 2 is 1.72 bits per heavy atom. The molecule has 0 fully saturated rings. The third-order valence-corrected chi connectivity index (χ3v) is 4.19. The molecular formula is C20H22N4O4S. The van der Waals surface area contributed by atoms with Crippen LogP contribution >= 0.6 is 12.2 Å². The maximum atomic E-state index is 12.3. The van der Waals surface area contributed by atoms with Crippen molar-refractivity contribution in [3.63, 3.8) is 0 Å². The van der Waals surface area contributed by atoms with E-state index in [1.54, 1.807) is 24.3 Å². The Morgan fingerprint density at radius 1 is 1.03 bits per heavy atom. The van der Waals surface area contributed by atoms with Crippen molar-refractivity contribution in [2.24, 2.45) is 0 Å². The van der Waals surface area contributed by atoms with Crippen molar-refractivity contribution in [1.82, 2.24) is 5.32 Å². The highest BCUT2D eigenvalue weighted by Gasteiger charge is 2.19. The number of rotatable bonds is 8. The molecule has 0 bridgehead atoms. The number of amides is 2. The molecule has 2 aromatic rings. The molecule has 0 spiro atoms. The quantitative estimate of drug-likeness (QED) is 0.258. The van der Waals surface area contributed by atoms with Crippen LogP contribution in [-0.2, 0) is 4.79 Å². The summed E-state index contributed by atoms with van der Waals surface area (Å²) in [5, 5.41) is 19.1. The summed E-state index contributed by atoms with van der Waals surface area (Å²) in [5.74, 6) is -0.752. The highest BCUT2D eigenvalue weighted by atomic mass is 32.1. The Kier molecular flexibility index (Phi) is 8.23. The van der Waals surface area contributed by atoms with Crippen molar-refractivity contribution in [1.29, 1.82) is 0 Å². The highest BCUT2D eigenvalue weighted by Crippen LogP contribution is 2.18. The molecule has 152 valence electrons. The molecule has 0 radical (unpaired) electrons. The van der Waals surface area contributed by atoms with Crippen molar-refractivity contribution in [3.8, 4) is 0 Å². The maximum absolute atomic E-state index is 12.3. The van der Waals surface area contributed by atoms with E-state index in [1.807, 2.05) is 0 Å². The van der Waals surface area contributed by atoms with Gasteiger partial charge in [-0.15, -0.1) is 0 Å². The first-order valence-electron chi connectivity index (χ1n) is 9.16. The van der Waals surface area contributed by atoms with Gasteiger partial charge in [0.2, 0.25) is 5.91 Å². The second-order valence-electron chi connectivity index (χ2n) is 6.27. The average molecular weight is 414 g/mol. The third-order valence-electron chi connectivity index (χ3n) is 3.98. The fourth-order valence-electron chi connectivity index (χ4n) is 2.59. The number of nitrogens with zero attached hydrogens (tertiary/aromatic N) is 1. The predicted molar refractivity (Wildman–Crippen MR) is 116 cm³/mol. The summed E-state index contributed by atoms with van der Waals surface area (Å²) in [4.78, 5) is 34.7. The fourth-order valence-corrected chi connectivity index (χ4v) is 2.80. The van der Waals surface area contributed by atoms with Crippen LogP contribution < -0.4 is 16.0 Å². The van der Waals surface area contributed by atoms with Crippen LogP contribution in [0.3, 0.4) is 0 Å². The normalized spacial score (nSPS) is 10.1. The molecule has 0 saturated carbocycles. The van der Waals surface area contributed by atoms with Crippen molar-refractivity contribution >= 4 is 46.2 Å². The average Bonchev–Trinajstić information content (AvgIpc) is 2.68. The van der Waals surface area contributed by atoms with Gasteiger partial charge < -0.3 is 10.6 Å². The van der Waals surface area contributed by atoms with E-state index in [1.165, 1.54) is 24.3 Å². The van der Waals surface area contributed by atoms with Crippen LogP contribution in [0.4, 0.5) is 17.1 Å². The van der Waals surface area contributed by atoms with Crippen LogP contribution in [0.1, 0.15) is 43.0 Å². The summed E-state index contributed by atoms with van der Waals surface area (Å²) in [5.41, 5.74) is 0.767. The van der Waals surface area contributed by atoms with E-state index in [2.05, 4.69) is 22.9 Å². The molecule has 0 unspecified atom stereocenters. The Hall–Kier alpha value is -3.33. The van der Waals surface area contributed by atoms with E-state index in [0.717, 1.165) is 19.3 Å². The zero-order valence-electron chi connectivity index (χ0n) is 15.9. The van der Waals surface area contributed by atoms with Gasteiger partial charge in [0.1, 0.15) is 5.56 Å². The van der Waals surface area contributed by atoms with Gasteiger partial charge in [-0.05, 0) is 42.9 Å². The lowest BCUT2D eigenvalue weighted by molar-refractivity contribution is -0.385. The van der Waals surface area contributed by atoms with E-state index in [0.29, 0.717) is 17.8 Å². The van der Waals surface area contributed by atoms with Crippen LogP contribution in [0.2, 0.25) is 0 Å². The first-order valence-corrected chi connectivity index (χ1v) is 9.57. The van der Waals surface area contributed by atoms with Gasteiger partial charge in [-0.25, -0.2) is 0 Å². The monoisotopic (exact) mass is 414 g/mol. The van der Waals surface area contributed by atoms with E-state index >= 15 is 0 Å². The number of hydrogen-bond acceptors (Lipinski definition) is 5. The molecular weight excluding hydrogens is 392 g/mol. The van der Waals surface area contributed by atoms with Gasteiger partial charge in [0.15, 0.2) is 5.11 Å². The number of hydrogen-bond donors (Lipinski definition) is 3. The summed E-state index contributed by atoms with van der Waals surface area (Å²) < 4.78 is 0. The van der Waals surface area contributed by atoms with Gasteiger partial charge in [0.05, 0.1) is 4.92 Å². The van der Waals surface area contributed by atoms with E-state index in [9.17, 15) is 19.7 Å². The number of nitrogens with one attached hydrogen (secondary N) is 3. The standard InChI is InChI=1S/C20H22N4O4S/c1-2-3-4-12-18(25)21-14-8-7-9-15(13-14)22-20(29)23-19(26)16-10-5-6-11-17(16)24(27)28/h5-11,13H,2-4,12H2,1H3,(H,21,25)(H2,22,23,26,29). The minimum Gasteiger partial charge on any atom is -0.332 e. The lowest BCUT2D eigenvalue weighted by Gasteiger charge is -2.11. The molecule has 0 aliphatic heterocycles. The number of para-hydroxylation sites is 1. The number of unbranched alkanes of at least 4 members (excludes halogenated alkanes) is 2. The summed E-state index contributed by atoms with van der Waals surface area (Å²) in [6, 6.07) is 12.5. The number of thiocarbonyl (C=S) groups is 1. The van der Waals surface area contributed by atoms with Crippen LogP contribution in [0.5, 0.6) is 0 Å². The van der Waals surface area contributed by atoms with Crippen LogP contribution in [0.25, 0.3) is 0 Å². The fraction of sp³-hybridized carbons (Fsp3) is 0.250. The molecule has 0 heterocycles. The van der Waals surface area contributed by atoms with E-state index < -0.39 is 10.8 Å². The minimum absolute atomic E-state index is 0.0143. The Balaban J connectivity index is 1.96. The number of nitro benzene ring substituents is 1. The molecule has 29 heavy (non-hydrogen) atoms. The molecule has 3 N–H and O–H groups in total. The van der Waals surface area contributed by atoms with E-state index in [-0.39, 0.29) is 22.3 Å². The molecule has 8 nitrogen and oxygen atoms in total.